The predicted molar refractivity (Wildman–Crippen MR) is 70.9 cm³/mol. The minimum atomic E-state index is 0.244. The van der Waals surface area contributed by atoms with Gasteiger partial charge in [0.2, 0.25) is 0 Å². The highest BCUT2D eigenvalue weighted by Crippen LogP contribution is 2.26. The molecule has 0 aliphatic carbocycles. The first-order valence-corrected chi connectivity index (χ1v) is 5.93. The second-order valence-corrected chi connectivity index (χ2v) is 4.38. The average molecular weight is 235 g/mol. The van der Waals surface area contributed by atoms with Crippen LogP contribution in [0.2, 0.25) is 0 Å². The Kier molecular flexibility index (Phi) is 5.01. The first kappa shape index (κ1) is 13.6. The molecule has 0 unspecified atom stereocenters. The Morgan fingerprint density at radius 3 is 2.35 bits per heavy atom. The van der Waals surface area contributed by atoms with E-state index in [-0.39, 0.29) is 5.78 Å². The molecule has 0 spiro atoms. The zero-order chi connectivity index (χ0) is 12.8. The van der Waals surface area contributed by atoms with Crippen molar-refractivity contribution in [1.82, 2.24) is 0 Å². The SMILES string of the molecule is COc1c(C)cc(NCCCC(C)=O)cc1C. The maximum Gasteiger partial charge on any atom is 0.129 e. The lowest BCUT2D eigenvalue weighted by molar-refractivity contribution is -0.117. The monoisotopic (exact) mass is 235 g/mol. The number of aryl methyl sites for hydroxylation is 2. The third-order valence-corrected chi connectivity index (χ3v) is 2.70. The fourth-order valence-electron chi connectivity index (χ4n) is 1.94. The molecule has 0 aromatic heterocycles. The fraction of sp³-hybridized carbons (Fsp3) is 0.500. The molecular formula is C14H21NO2. The van der Waals surface area contributed by atoms with E-state index in [1.807, 2.05) is 13.8 Å². The van der Waals surface area contributed by atoms with Crippen molar-refractivity contribution in [2.45, 2.75) is 33.6 Å². The van der Waals surface area contributed by atoms with E-state index in [1.165, 1.54) is 0 Å². The normalized spacial score (nSPS) is 10.1. The van der Waals surface area contributed by atoms with Gasteiger partial charge in [-0.15, -0.1) is 0 Å². The lowest BCUT2D eigenvalue weighted by Gasteiger charge is -2.12. The van der Waals surface area contributed by atoms with Crippen LogP contribution in [0.15, 0.2) is 12.1 Å². The van der Waals surface area contributed by atoms with Crippen LogP contribution in [-0.4, -0.2) is 19.4 Å². The molecule has 0 radical (unpaired) electrons. The summed E-state index contributed by atoms with van der Waals surface area (Å²) in [6.07, 6.45) is 1.51. The molecule has 0 saturated heterocycles. The molecule has 0 saturated carbocycles. The molecule has 0 fully saturated rings. The van der Waals surface area contributed by atoms with Crippen LogP contribution in [-0.2, 0) is 4.79 Å². The molecule has 94 valence electrons. The standard InChI is InChI=1S/C14H21NO2/c1-10-8-13(9-11(2)14(10)17-4)15-7-5-6-12(3)16/h8-9,15H,5-7H2,1-4H3. The third-order valence-electron chi connectivity index (χ3n) is 2.70. The van der Waals surface area contributed by atoms with Crippen LogP contribution in [0.5, 0.6) is 5.75 Å². The Labute approximate surface area is 103 Å². The quantitative estimate of drug-likeness (QED) is 0.770. The van der Waals surface area contributed by atoms with Gasteiger partial charge in [0.05, 0.1) is 7.11 Å². The van der Waals surface area contributed by atoms with E-state index in [1.54, 1.807) is 14.0 Å². The summed E-state index contributed by atoms with van der Waals surface area (Å²) in [5.41, 5.74) is 3.34. The molecule has 1 N–H and O–H groups in total. The van der Waals surface area contributed by atoms with Crippen LogP contribution in [0, 0.1) is 13.8 Å². The lowest BCUT2D eigenvalue weighted by Crippen LogP contribution is -2.04. The molecule has 0 atom stereocenters. The maximum absolute atomic E-state index is 10.8. The average Bonchev–Trinajstić information content (AvgIpc) is 2.24. The number of carbonyl (C=O) groups excluding carboxylic acids is 1. The van der Waals surface area contributed by atoms with Gasteiger partial charge in [-0.05, 0) is 50.5 Å². The lowest BCUT2D eigenvalue weighted by atomic mass is 10.1. The summed E-state index contributed by atoms with van der Waals surface area (Å²) in [4.78, 5) is 10.8. The third kappa shape index (κ3) is 4.10. The van der Waals surface area contributed by atoms with Crippen molar-refractivity contribution < 1.29 is 9.53 Å². The van der Waals surface area contributed by atoms with Gasteiger partial charge in [-0.2, -0.15) is 0 Å². The number of ketones is 1. The molecule has 0 aliphatic heterocycles. The van der Waals surface area contributed by atoms with E-state index >= 15 is 0 Å². The second-order valence-electron chi connectivity index (χ2n) is 4.38. The van der Waals surface area contributed by atoms with Crippen LogP contribution in [0.1, 0.15) is 30.9 Å². The zero-order valence-electron chi connectivity index (χ0n) is 11.1. The molecule has 1 aromatic carbocycles. The van der Waals surface area contributed by atoms with Gasteiger partial charge in [0, 0.05) is 18.7 Å². The van der Waals surface area contributed by atoms with Crippen molar-refractivity contribution >= 4 is 11.5 Å². The molecule has 17 heavy (non-hydrogen) atoms. The van der Waals surface area contributed by atoms with Crippen molar-refractivity contribution in [3.8, 4) is 5.75 Å². The highest BCUT2D eigenvalue weighted by atomic mass is 16.5. The van der Waals surface area contributed by atoms with Crippen molar-refractivity contribution in [2.24, 2.45) is 0 Å². The number of benzene rings is 1. The highest BCUT2D eigenvalue weighted by molar-refractivity contribution is 5.75. The summed E-state index contributed by atoms with van der Waals surface area (Å²) in [6, 6.07) is 4.14. The summed E-state index contributed by atoms with van der Waals surface area (Å²) in [5.74, 6) is 1.19. The van der Waals surface area contributed by atoms with Gasteiger partial charge in [-0.1, -0.05) is 0 Å². The number of anilines is 1. The molecule has 0 heterocycles. The van der Waals surface area contributed by atoms with Crippen LogP contribution in [0.3, 0.4) is 0 Å². The van der Waals surface area contributed by atoms with Gasteiger partial charge in [0.1, 0.15) is 11.5 Å². The molecule has 1 rings (SSSR count). The van der Waals surface area contributed by atoms with Crippen LogP contribution in [0.4, 0.5) is 5.69 Å². The molecular weight excluding hydrogens is 214 g/mol. The molecule has 3 nitrogen and oxygen atoms in total. The number of hydrogen-bond donors (Lipinski definition) is 1. The van der Waals surface area contributed by atoms with E-state index in [0.29, 0.717) is 6.42 Å². The molecule has 1 aromatic rings. The Hall–Kier alpha value is -1.51. The zero-order valence-corrected chi connectivity index (χ0v) is 11.1. The number of methoxy groups -OCH3 is 1. The summed E-state index contributed by atoms with van der Waals surface area (Å²) in [5, 5.41) is 3.33. The highest BCUT2D eigenvalue weighted by Gasteiger charge is 2.04. The minimum Gasteiger partial charge on any atom is -0.496 e. The number of carbonyl (C=O) groups is 1. The van der Waals surface area contributed by atoms with Crippen molar-refractivity contribution in [3.05, 3.63) is 23.3 Å². The van der Waals surface area contributed by atoms with Gasteiger partial charge in [0.25, 0.3) is 0 Å². The topological polar surface area (TPSA) is 38.3 Å². The number of Topliss-reactive ketones (excluding diaryl/α,β-unsaturated/α-hetero) is 1. The molecule has 3 heteroatoms. The number of hydrogen-bond acceptors (Lipinski definition) is 3. The van der Waals surface area contributed by atoms with E-state index < -0.39 is 0 Å². The van der Waals surface area contributed by atoms with Crippen molar-refractivity contribution in [3.63, 3.8) is 0 Å². The molecule has 0 aliphatic rings. The van der Waals surface area contributed by atoms with Crippen LogP contribution in [0.25, 0.3) is 0 Å². The summed E-state index contributed by atoms with van der Waals surface area (Å²) >= 11 is 0. The summed E-state index contributed by atoms with van der Waals surface area (Å²) in [7, 11) is 1.69. The maximum atomic E-state index is 10.8. The van der Waals surface area contributed by atoms with Crippen LogP contribution < -0.4 is 10.1 Å². The Bertz CT molecular complexity index is 376. The number of rotatable bonds is 6. The number of ether oxygens (including phenoxy) is 1. The molecule has 0 bridgehead atoms. The van der Waals surface area contributed by atoms with Crippen molar-refractivity contribution in [1.29, 1.82) is 0 Å². The smallest absolute Gasteiger partial charge is 0.129 e. The van der Waals surface area contributed by atoms with E-state index in [9.17, 15) is 4.79 Å². The van der Waals surface area contributed by atoms with E-state index in [0.717, 1.165) is 35.5 Å². The van der Waals surface area contributed by atoms with Gasteiger partial charge >= 0.3 is 0 Å². The first-order chi connectivity index (χ1) is 8.04. The minimum absolute atomic E-state index is 0.244. The fourth-order valence-corrected chi connectivity index (χ4v) is 1.94. The van der Waals surface area contributed by atoms with Gasteiger partial charge in [0.15, 0.2) is 0 Å². The Balaban J connectivity index is 2.58. The Morgan fingerprint density at radius 1 is 1.29 bits per heavy atom. The predicted octanol–water partition coefficient (Wildman–Crippen LogP) is 3.09. The van der Waals surface area contributed by atoms with Gasteiger partial charge in [-0.3, -0.25) is 0 Å². The first-order valence-electron chi connectivity index (χ1n) is 5.93. The van der Waals surface area contributed by atoms with Gasteiger partial charge < -0.3 is 14.8 Å². The van der Waals surface area contributed by atoms with E-state index in [4.69, 9.17) is 4.74 Å². The second kappa shape index (κ2) is 6.28. The largest absolute Gasteiger partial charge is 0.496 e. The molecule has 0 amide bonds. The summed E-state index contributed by atoms with van der Waals surface area (Å²) in [6.45, 7) is 6.52. The summed E-state index contributed by atoms with van der Waals surface area (Å²) < 4.78 is 5.32. The van der Waals surface area contributed by atoms with Crippen LogP contribution >= 0.6 is 0 Å². The number of nitrogens with one attached hydrogen (secondary N) is 1. The van der Waals surface area contributed by atoms with E-state index in [2.05, 4.69) is 17.4 Å². The van der Waals surface area contributed by atoms with Crippen molar-refractivity contribution in [2.75, 3.05) is 19.0 Å². The Morgan fingerprint density at radius 2 is 1.88 bits per heavy atom. The van der Waals surface area contributed by atoms with Gasteiger partial charge in [-0.25, -0.2) is 0 Å².